The third-order valence-electron chi connectivity index (χ3n) is 5.67. The van der Waals surface area contributed by atoms with Crippen molar-refractivity contribution in [1.29, 1.82) is 0 Å². The van der Waals surface area contributed by atoms with Crippen LogP contribution in [-0.4, -0.2) is 50.1 Å². The number of hydrogen-bond donors (Lipinski definition) is 2. The number of thiophene rings is 1. The van der Waals surface area contributed by atoms with Crippen molar-refractivity contribution in [2.24, 2.45) is 0 Å². The average molecular weight is 472 g/mol. The molecular weight excluding hydrogens is 454 g/mol. The van der Waals surface area contributed by atoms with E-state index >= 15 is 0 Å². The zero-order valence-corrected chi connectivity index (χ0v) is 17.9. The van der Waals surface area contributed by atoms with Gasteiger partial charge in [0, 0.05) is 12.6 Å². The van der Waals surface area contributed by atoms with Crippen LogP contribution in [0.3, 0.4) is 0 Å². The van der Waals surface area contributed by atoms with Crippen LogP contribution in [0, 0.1) is 0 Å². The Kier molecular flexibility index (Phi) is 4.59. The molecule has 6 rings (SSSR count). The monoisotopic (exact) mass is 472 g/mol. The van der Waals surface area contributed by atoms with Gasteiger partial charge in [0.2, 0.25) is 5.95 Å². The molecule has 9 nitrogen and oxygen atoms in total. The lowest BCUT2D eigenvalue weighted by atomic mass is 10.2. The lowest BCUT2D eigenvalue weighted by Crippen LogP contribution is -2.33. The SMILES string of the molecule is OCC1CCCN1c1nc(Nc2cn(-c3ccc4c(c3)OC(F)(F)O4)cn2)c2ccsc2n1. The molecule has 1 aromatic carbocycles. The van der Waals surface area contributed by atoms with E-state index in [0.29, 0.717) is 23.3 Å². The van der Waals surface area contributed by atoms with Gasteiger partial charge in [-0.2, -0.15) is 4.98 Å². The van der Waals surface area contributed by atoms with Crippen molar-refractivity contribution in [3.63, 3.8) is 0 Å². The molecule has 3 aromatic heterocycles. The van der Waals surface area contributed by atoms with E-state index in [0.717, 1.165) is 29.6 Å². The van der Waals surface area contributed by atoms with E-state index in [2.05, 4.69) is 24.8 Å². The summed E-state index contributed by atoms with van der Waals surface area (Å²) in [6, 6.07) is 6.47. The molecule has 1 atom stereocenters. The molecule has 0 bridgehead atoms. The Labute approximate surface area is 190 Å². The second-order valence-corrected chi connectivity index (χ2v) is 8.67. The van der Waals surface area contributed by atoms with Crippen LogP contribution in [-0.2, 0) is 0 Å². The lowest BCUT2D eigenvalue weighted by Gasteiger charge is -2.23. The molecule has 1 saturated heterocycles. The van der Waals surface area contributed by atoms with Crippen molar-refractivity contribution in [3.8, 4) is 17.2 Å². The van der Waals surface area contributed by atoms with Crippen LogP contribution in [0.15, 0.2) is 42.2 Å². The number of ether oxygens (including phenoxy) is 2. The molecular formula is C21H18F2N6O3S. The normalized spacial score (nSPS) is 18.9. The number of imidazole rings is 1. The Hall–Kier alpha value is -3.51. The van der Waals surface area contributed by atoms with Crippen molar-refractivity contribution >= 4 is 39.1 Å². The summed E-state index contributed by atoms with van der Waals surface area (Å²) >= 11 is 1.51. The molecule has 170 valence electrons. The maximum absolute atomic E-state index is 13.3. The molecule has 0 saturated carbocycles. The van der Waals surface area contributed by atoms with Gasteiger partial charge in [-0.3, -0.25) is 0 Å². The summed E-state index contributed by atoms with van der Waals surface area (Å²) in [5.74, 6) is 1.65. The molecule has 12 heteroatoms. The summed E-state index contributed by atoms with van der Waals surface area (Å²) in [5, 5.41) is 15.7. The number of rotatable bonds is 5. The third-order valence-corrected chi connectivity index (χ3v) is 6.48. The van der Waals surface area contributed by atoms with Gasteiger partial charge in [-0.25, -0.2) is 9.97 Å². The second-order valence-electron chi connectivity index (χ2n) is 7.77. The first-order valence-electron chi connectivity index (χ1n) is 10.3. The number of hydrogen-bond acceptors (Lipinski definition) is 9. The lowest BCUT2D eigenvalue weighted by molar-refractivity contribution is -0.286. The van der Waals surface area contributed by atoms with E-state index in [-0.39, 0.29) is 24.1 Å². The molecule has 2 aliphatic rings. The van der Waals surface area contributed by atoms with Crippen molar-refractivity contribution < 1.29 is 23.4 Å². The van der Waals surface area contributed by atoms with Gasteiger partial charge in [0.05, 0.1) is 29.9 Å². The summed E-state index contributed by atoms with van der Waals surface area (Å²) in [6.45, 7) is 0.847. The minimum atomic E-state index is -3.66. The van der Waals surface area contributed by atoms with Gasteiger partial charge in [-0.1, -0.05) is 0 Å². The van der Waals surface area contributed by atoms with Crippen LogP contribution in [0.2, 0.25) is 0 Å². The molecule has 4 aromatic rings. The largest absolute Gasteiger partial charge is 0.586 e. The van der Waals surface area contributed by atoms with Gasteiger partial charge < -0.3 is 29.4 Å². The highest BCUT2D eigenvalue weighted by Crippen LogP contribution is 2.42. The van der Waals surface area contributed by atoms with Crippen molar-refractivity contribution in [2.45, 2.75) is 25.2 Å². The molecule has 2 N–H and O–H groups in total. The Morgan fingerprint density at radius 2 is 2.09 bits per heavy atom. The smallest absolute Gasteiger partial charge is 0.395 e. The van der Waals surface area contributed by atoms with Gasteiger partial charge in [-0.15, -0.1) is 20.1 Å². The molecule has 0 amide bonds. The highest BCUT2D eigenvalue weighted by Gasteiger charge is 2.43. The van der Waals surface area contributed by atoms with Gasteiger partial charge in [0.1, 0.15) is 22.8 Å². The highest BCUT2D eigenvalue weighted by atomic mass is 32.1. The molecule has 1 fully saturated rings. The number of benzene rings is 1. The zero-order valence-electron chi connectivity index (χ0n) is 17.1. The number of fused-ring (bicyclic) bond motifs is 2. The first-order valence-corrected chi connectivity index (χ1v) is 11.2. The van der Waals surface area contributed by atoms with E-state index < -0.39 is 6.29 Å². The average Bonchev–Trinajstić information content (AvgIpc) is 3.57. The summed E-state index contributed by atoms with van der Waals surface area (Å²) in [6.07, 6.45) is 1.50. The number of halogens is 2. The number of aliphatic hydroxyl groups is 1. The summed E-state index contributed by atoms with van der Waals surface area (Å²) < 4.78 is 37.3. The maximum atomic E-state index is 13.3. The van der Waals surface area contributed by atoms with E-state index in [9.17, 15) is 13.9 Å². The topological polar surface area (TPSA) is 97.6 Å². The molecule has 5 heterocycles. The number of nitrogens with one attached hydrogen (secondary N) is 1. The Bertz CT molecular complexity index is 1340. The number of aliphatic hydroxyl groups excluding tert-OH is 1. The number of aromatic nitrogens is 4. The van der Waals surface area contributed by atoms with Gasteiger partial charge in [0.15, 0.2) is 11.5 Å². The first-order chi connectivity index (χ1) is 16.0. The van der Waals surface area contributed by atoms with E-state index in [1.807, 2.05) is 16.3 Å². The van der Waals surface area contributed by atoms with Gasteiger partial charge in [0.25, 0.3) is 0 Å². The van der Waals surface area contributed by atoms with Gasteiger partial charge >= 0.3 is 6.29 Å². The fourth-order valence-corrected chi connectivity index (χ4v) is 4.86. The van der Waals surface area contributed by atoms with Crippen LogP contribution in [0.25, 0.3) is 15.9 Å². The Balaban J connectivity index is 1.30. The minimum Gasteiger partial charge on any atom is -0.395 e. The fourth-order valence-electron chi connectivity index (χ4n) is 4.10. The first kappa shape index (κ1) is 20.1. The van der Waals surface area contributed by atoms with E-state index in [4.69, 9.17) is 4.98 Å². The van der Waals surface area contributed by atoms with Crippen molar-refractivity contribution in [3.05, 3.63) is 42.2 Å². The van der Waals surface area contributed by atoms with Crippen molar-refractivity contribution in [2.75, 3.05) is 23.4 Å². The van der Waals surface area contributed by atoms with Crippen LogP contribution >= 0.6 is 11.3 Å². The Morgan fingerprint density at radius 3 is 2.97 bits per heavy atom. The van der Waals surface area contributed by atoms with Gasteiger partial charge in [-0.05, 0) is 36.4 Å². The van der Waals surface area contributed by atoms with Crippen LogP contribution in [0.5, 0.6) is 11.5 Å². The molecule has 2 aliphatic heterocycles. The minimum absolute atomic E-state index is 0.00727. The van der Waals surface area contributed by atoms with E-state index in [1.54, 1.807) is 23.2 Å². The summed E-state index contributed by atoms with van der Waals surface area (Å²) in [4.78, 5) is 16.7. The van der Waals surface area contributed by atoms with Crippen LogP contribution < -0.4 is 19.7 Å². The standard InChI is InChI=1S/C21H18F2N6O3S/c22-21(23)31-15-4-3-12(8-16(15)32-21)28-9-17(24-11-28)25-18-14-5-7-33-19(14)27-20(26-18)29-6-1-2-13(29)10-30/h3-5,7-9,11,13,30H,1-2,6,10H2,(H,25,26,27). The van der Waals surface area contributed by atoms with Crippen LogP contribution in [0.1, 0.15) is 12.8 Å². The molecule has 33 heavy (non-hydrogen) atoms. The molecule has 0 aliphatic carbocycles. The predicted octanol–water partition coefficient (Wildman–Crippen LogP) is 3.90. The zero-order chi connectivity index (χ0) is 22.6. The summed E-state index contributed by atoms with van der Waals surface area (Å²) in [7, 11) is 0. The van der Waals surface area contributed by atoms with Crippen LogP contribution in [0.4, 0.5) is 26.4 Å². The molecule has 1 unspecified atom stereocenters. The third kappa shape index (κ3) is 3.60. The number of anilines is 3. The highest BCUT2D eigenvalue weighted by molar-refractivity contribution is 7.16. The Morgan fingerprint density at radius 1 is 1.21 bits per heavy atom. The maximum Gasteiger partial charge on any atom is 0.586 e. The predicted molar refractivity (Wildman–Crippen MR) is 118 cm³/mol. The quantitative estimate of drug-likeness (QED) is 0.451. The summed E-state index contributed by atoms with van der Waals surface area (Å²) in [5.41, 5.74) is 0.586. The molecule has 0 spiro atoms. The van der Waals surface area contributed by atoms with E-state index in [1.165, 1.54) is 23.5 Å². The van der Waals surface area contributed by atoms with Crippen molar-refractivity contribution in [1.82, 2.24) is 19.5 Å². The second kappa shape index (κ2) is 7.52. The number of nitrogens with zero attached hydrogens (tertiary/aromatic N) is 5. The fraction of sp³-hybridized carbons (Fsp3) is 0.286. The molecule has 0 radical (unpaired) electrons. The number of alkyl halides is 2.